The van der Waals surface area contributed by atoms with E-state index in [4.69, 9.17) is 0 Å². The van der Waals surface area contributed by atoms with E-state index in [1.54, 1.807) is 18.7 Å². The average molecular weight is 396 g/mol. The Hall–Kier alpha value is -3.20. The summed E-state index contributed by atoms with van der Waals surface area (Å²) < 4.78 is 3.82. The van der Waals surface area contributed by atoms with Gasteiger partial charge < -0.3 is 9.88 Å². The van der Waals surface area contributed by atoms with Crippen LogP contribution in [0.15, 0.2) is 46.2 Å². The molecular formula is C20H24N6O3. The summed E-state index contributed by atoms with van der Waals surface area (Å²) in [4.78, 5) is 44.2. The molecule has 1 N–H and O–H groups in total. The number of nitrogens with one attached hydrogen (secondary N) is 1. The lowest BCUT2D eigenvalue weighted by molar-refractivity contribution is -0.122. The van der Waals surface area contributed by atoms with Gasteiger partial charge in [-0.3, -0.25) is 19.1 Å². The van der Waals surface area contributed by atoms with Crippen LogP contribution >= 0.6 is 0 Å². The molecule has 29 heavy (non-hydrogen) atoms. The Balaban J connectivity index is 1.44. The van der Waals surface area contributed by atoms with E-state index in [2.05, 4.69) is 27.3 Å². The minimum Gasteiger partial charge on any atom is -0.350 e. The minimum atomic E-state index is -0.548. The van der Waals surface area contributed by atoms with Gasteiger partial charge in [-0.2, -0.15) is 0 Å². The number of benzene rings is 1. The second-order valence-electron chi connectivity index (χ2n) is 7.53. The predicted molar refractivity (Wildman–Crippen MR) is 108 cm³/mol. The zero-order chi connectivity index (χ0) is 20.5. The Bertz CT molecular complexity index is 1160. The molecule has 1 aliphatic rings. The van der Waals surface area contributed by atoms with Crippen molar-refractivity contribution in [2.24, 2.45) is 14.1 Å². The van der Waals surface area contributed by atoms with Crippen LogP contribution in [-0.4, -0.2) is 48.6 Å². The molecule has 1 amide bonds. The van der Waals surface area contributed by atoms with Gasteiger partial charge in [0.25, 0.3) is 5.56 Å². The van der Waals surface area contributed by atoms with Crippen molar-refractivity contribution in [3.8, 4) is 0 Å². The van der Waals surface area contributed by atoms with Gasteiger partial charge in [-0.1, -0.05) is 30.3 Å². The maximum absolute atomic E-state index is 12.7. The van der Waals surface area contributed by atoms with Gasteiger partial charge in [-0.05, 0) is 12.0 Å². The number of hydrogen-bond donors (Lipinski definition) is 1. The van der Waals surface area contributed by atoms with Crippen LogP contribution in [0.1, 0.15) is 12.0 Å². The fourth-order valence-corrected chi connectivity index (χ4v) is 3.89. The van der Waals surface area contributed by atoms with Crippen LogP contribution in [0, 0.1) is 0 Å². The van der Waals surface area contributed by atoms with Crippen molar-refractivity contribution in [1.29, 1.82) is 0 Å². The molecule has 1 fully saturated rings. The molecule has 1 aromatic carbocycles. The van der Waals surface area contributed by atoms with Crippen molar-refractivity contribution in [2.45, 2.75) is 25.6 Å². The maximum Gasteiger partial charge on any atom is 0.332 e. The Morgan fingerprint density at radius 1 is 1.21 bits per heavy atom. The molecule has 0 radical (unpaired) electrons. The lowest BCUT2D eigenvalue weighted by Crippen LogP contribution is -2.46. The van der Waals surface area contributed by atoms with Crippen LogP contribution in [0.4, 0.5) is 0 Å². The molecular weight excluding hydrogens is 372 g/mol. The van der Waals surface area contributed by atoms with Gasteiger partial charge >= 0.3 is 5.69 Å². The average Bonchev–Trinajstić information content (AvgIpc) is 3.30. The van der Waals surface area contributed by atoms with Crippen molar-refractivity contribution in [3.05, 3.63) is 63.1 Å². The highest BCUT2D eigenvalue weighted by Gasteiger charge is 2.25. The minimum absolute atomic E-state index is 0.00574. The van der Waals surface area contributed by atoms with Crippen molar-refractivity contribution in [2.75, 3.05) is 13.1 Å². The first-order chi connectivity index (χ1) is 13.9. The molecule has 1 aliphatic heterocycles. The summed E-state index contributed by atoms with van der Waals surface area (Å²) in [6.07, 6.45) is 2.32. The van der Waals surface area contributed by atoms with Gasteiger partial charge in [-0.25, -0.2) is 14.3 Å². The molecule has 0 spiro atoms. The first kappa shape index (κ1) is 19.1. The lowest BCUT2D eigenvalue weighted by atomic mass is 10.2. The molecule has 0 bridgehead atoms. The number of carbonyl (C=O) groups is 1. The van der Waals surface area contributed by atoms with E-state index in [-0.39, 0.29) is 18.5 Å². The van der Waals surface area contributed by atoms with Crippen molar-refractivity contribution in [3.63, 3.8) is 0 Å². The van der Waals surface area contributed by atoms with E-state index < -0.39 is 11.2 Å². The molecule has 1 atom stereocenters. The summed E-state index contributed by atoms with van der Waals surface area (Å²) in [6, 6.07) is 10.2. The van der Waals surface area contributed by atoms with E-state index in [9.17, 15) is 14.4 Å². The molecule has 0 saturated carbocycles. The fourth-order valence-electron chi connectivity index (χ4n) is 3.89. The Morgan fingerprint density at radius 2 is 1.97 bits per heavy atom. The molecule has 1 unspecified atom stereocenters. The first-order valence-electron chi connectivity index (χ1n) is 9.60. The summed E-state index contributed by atoms with van der Waals surface area (Å²) in [5.74, 6) is -0.336. The molecule has 3 aromatic rings. The summed E-state index contributed by atoms with van der Waals surface area (Å²) >= 11 is 0. The molecule has 0 aliphatic carbocycles. The number of rotatable bonds is 5. The van der Waals surface area contributed by atoms with Crippen molar-refractivity contribution < 1.29 is 4.79 Å². The van der Waals surface area contributed by atoms with Gasteiger partial charge in [-0.15, -0.1) is 0 Å². The molecule has 4 rings (SSSR count). The molecule has 3 heterocycles. The predicted octanol–water partition coefficient (Wildman–Crippen LogP) is -0.176. The fraction of sp³-hybridized carbons (Fsp3) is 0.400. The number of aryl methyl sites for hydroxylation is 2. The molecule has 2 aromatic heterocycles. The van der Waals surface area contributed by atoms with E-state index in [1.165, 1.54) is 16.5 Å². The summed E-state index contributed by atoms with van der Waals surface area (Å²) in [6.45, 7) is 2.17. The zero-order valence-electron chi connectivity index (χ0n) is 16.5. The number of likely N-dealkylation sites (tertiary alicyclic amines) is 1. The number of hydrogen-bond acceptors (Lipinski definition) is 5. The SMILES string of the molecule is Cn1cnc2c1c(=O)n(CC(=O)NC1CCN(Cc3ccccc3)C1)c(=O)n2C. The van der Waals surface area contributed by atoms with Gasteiger partial charge in [0, 0.05) is 39.8 Å². The van der Waals surface area contributed by atoms with E-state index >= 15 is 0 Å². The van der Waals surface area contributed by atoms with Crippen LogP contribution in [0.25, 0.3) is 11.2 Å². The van der Waals surface area contributed by atoms with Crippen LogP contribution in [0.3, 0.4) is 0 Å². The Kier molecular flexibility index (Phi) is 5.06. The highest BCUT2D eigenvalue weighted by atomic mass is 16.2. The van der Waals surface area contributed by atoms with Crippen LogP contribution in [-0.2, 0) is 32.0 Å². The van der Waals surface area contributed by atoms with E-state index in [0.717, 1.165) is 30.6 Å². The van der Waals surface area contributed by atoms with Crippen molar-refractivity contribution >= 4 is 17.1 Å². The largest absolute Gasteiger partial charge is 0.350 e. The second kappa shape index (κ2) is 7.67. The number of fused-ring (bicyclic) bond motifs is 1. The van der Waals surface area contributed by atoms with Gasteiger partial charge in [0.05, 0.1) is 6.33 Å². The van der Waals surface area contributed by atoms with Crippen LogP contribution in [0.2, 0.25) is 0 Å². The quantitative estimate of drug-likeness (QED) is 0.646. The summed E-state index contributed by atoms with van der Waals surface area (Å²) in [5.41, 5.74) is 0.796. The Morgan fingerprint density at radius 3 is 2.72 bits per heavy atom. The highest BCUT2D eigenvalue weighted by Crippen LogP contribution is 2.13. The third kappa shape index (κ3) is 3.73. The maximum atomic E-state index is 12.7. The number of imidazole rings is 1. The normalized spacial score (nSPS) is 17.1. The Labute approximate surface area is 167 Å². The highest BCUT2D eigenvalue weighted by molar-refractivity contribution is 5.77. The third-order valence-electron chi connectivity index (χ3n) is 5.39. The number of amides is 1. The zero-order valence-corrected chi connectivity index (χ0v) is 16.5. The van der Waals surface area contributed by atoms with Gasteiger partial charge in [0.15, 0.2) is 11.2 Å². The first-order valence-corrected chi connectivity index (χ1v) is 9.60. The molecule has 152 valence electrons. The van der Waals surface area contributed by atoms with Crippen LogP contribution in [0.5, 0.6) is 0 Å². The standard InChI is InChI=1S/C20H24N6O3/c1-23-13-21-18-17(23)19(28)26(20(29)24(18)2)12-16(27)22-15-8-9-25(11-15)10-14-6-4-3-5-7-14/h3-7,13,15H,8-12H2,1-2H3,(H,22,27). The smallest absolute Gasteiger partial charge is 0.332 e. The number of carbonyl (C=O) groups excluding carboxylic acids is 1. The second-order valence-corrected chi connectivity index (χ2v) is 7.53. The van der Waals surface area contributed by atoms with Gasteiger partial charge in [0.1, 0.15) is 6.54 Å². The third-order valence-corrected chi connectivity index (χ3v) is 5.39. The molecule has 9 nitrogen and oxygen atoms in total. The summed E-state index contributed by atoms with van der Waals surface area (Å²) in [7, 11) is 3.23. The van der Waals surface area contributed by atoms with E-state index in [1.807, 2.05) is 18.2 Å². The summed E-state index contributed by atoms with van der Waals surface area (Å²) in [5, 5.41) is 2.96. The number of aromatic nitrogens is 4. The van der Waals surface area contributed by atoms with Gasteiger partial charge in [0.2, 0.25) is 5.91 Å². The molecule has 9 heteroatoms. The monoisotopic (exact) mass is 396 g/mol. The topological polar surface area (TPSA) is 94.2 Å². The number of nitrogens with zero attached hydrogens (tertiary/aromatic N) is 5. The van der Waals surface area contributed by atoms with E-state index in [0.29, 0.717) is 11.2 Å². The lowest BCUT2D eigenvalue weighted by Gasteiger charge is -2.17. The van der Waals surface area contributed by atoms with Crippen LogP contribution < -0.4 is 16.6 Å². The van der Waals surface area contributed by atoms with Crippen molar-refractivity contribution in [1.82, 2.24) is 28.9 Å². The molecule has 1 saturated heterocycles.